The number of nitrogens with one attached hydrogen (secondary N) is 1. The number of thiazole rings is 1. The molecule has 0 saturated carbocycles. The largest absolute Gasteiger partial charge is 0.436 e. The maximum Gasteiger partial charge on any atom is 0.252 e. The molecule has 30 heavy (non-hydrogen) atoms. The van der Waals surface area contributed by atoms with E-state index in [0.29, 0.717) is 29.3 Å². The second-order valence-electron chi connectivity index (χ2n) is 6.70. The van der Waals surface area contributed by atoms with Crippen molar-refractivity contribution >= 4 is 27.5 Å². The van der Waals surface area contributed by atoms with Crippen LogP contribution in [0.15, 0.2) is 89.5 Å². The van der Waals surface area contributed by atoms with Crippen LogP contribution in [0.5, 0.6) is 0 Å². The lowest BCUT2D eigenvalue weighted by atomic mass is 10.1. The Hall–Kier alpha value is -3.77. The first-order valence-electron chi connectivity index (χ1n) is 9.51. The normalized spacial score (nSPS) is 10.9. The van der Waals surface area contributed by atoms with Crippen molar-refractivity contribution in [2.45, 2.75) is 6.54 Å². The number of hydrogen-bond acceptors (Lipinski definition) is 5. The monoisotopic (exact) mass is 411 g/mol. The van der Waals surface area contributed by atoms with Gasteiger partial charge < -0.3 is 9.73 Å². The van der Waals surface area contributed by atoms with Crippen molar-refractivity contribution in [1.82, 2.24) is 15.3 Å². The summed E-state index contributed by atoms with van der Waals surface area (Å²) < 4.78 is 7.05. The number of hydrogen-bond donors (Lipinski definition) is 1. The van der Waals surface area contributed by atoms with Crippen LogP contribution >= 0.6 is 11.3 Å². The van der Waals surface area contributed by atoms with Crippen LogP contribution in [0.1, 0.15) is 15.4 Å². The second-order valence-corrected chi connectivity index (χ2v) is 7.81. The Labute approximate surface area is 177 Å². The number of benzene rings is 3. The van der Waals surface area contributed by atoms with Crippen molar-refractivity contribution in [3.05, 3.63) is 95.6 Å². The fourth-order valence-corrected chi connectivity index (χ4v) is 4.16. The van der Waals surface area contributed by atoms with Crippen molar-refractivity contribution in [3.63, 3.8) is 0 Å². The van der Waals surface area contributed by atoms with Gasteiger partial charge in [-0.1, -0.05) is 54.6 Å². The fraction of sp³-hybridized carbons (Fsp3) is 0.0417. The Balaban J connectivity index is 1.38. The predicted octanol–water partition coefficient (Wildman–Crippen LogP) is 5.55. The third-order valence-electron chi connectivity index (χ3n) is 4.70. The third-order valence-corrected chi connectivity index (χ3v) is 5.74. The molecule has 1 amide bonds. The Morgan fingerprint density at radius 3 is 2.57 bits per heavy atom. The average molecular weight is 411 g/mol. The van der Waals surface area contributed by atoms with Gasteiger partial charge in [0.25, 0.3) is 5.91 Å². The van der Waals surface area contributed by atoms with Gasteiger partial charge >= 0.3 is 0 Å². The van der Waals surface area contributed by atoms with E-state index in [4.69, 9.17) is 4.42 Å². The summed E-state index contributed by atoms with van der Waals surface area (Å²) in [6, 6.07) is 25.0. The minimum Gasteiger partial charge on any atom is -0.436 e. The molecule has 5 rings (SSSR count). The van der Waals surface area contributed by atoms with Gasteiger partial charge in [0.2, 0.25) is 5.89 Å². The summed E-state index contributed by atoms with van der Waals surface area (Å²) in [4.78, 5) is 21.9. The molecule has 0 spiro atoms. The van der Waals surface area contributed by atoms with Gasteiger partial charge in [0.1, 0.15) is 5.01 Å². The molecule has 0 bridgehead atoms. The lowest BCUT2D eigenvalue weighted by Gasteiger charge is -2.07. The molecule has 0 unspecified atom stereocenters. The first kappa shape index (κ1) is 18.3. The van der Waals surface area contributed by atoms with Crippen LogP contribution in [0, 0.1) is 0 Å². The molecule has 0 saturated heterocycles. The van der Waals surface area contributed by atoms with Gasteiger partial charge in [0, 0.05) is 11.1 Å². The van der Waals surface area contributed by atoms with E-state index in [1.165, 1.54) is 0 Å². The number of para-hydroxylation sites is 1. The highest BCUT2D eigenvalue weighted by Crippen LogP contribution is 2.28. The van der Waals surface area contributed by atoms with Crippen LogP contribution in [-0.4, -0.2) is 15.9 Å². The molecule has 2 aromatic heterocycles. The molecule has 3 aromatic carbocycles. The Morgan fingerprint density at radius 2 is 1.70 bits per heavy atom. The van der Waals surface area contributed by atoms with Gasteiger partial charge in [0.05, 0.1) is 28.5 Å². The molecule has 0 radical (unpaired) electrons. The number of amides is 1. The molecule has 5 nitrogen and oxygen atoms in total. The van der Waals surface area contributed by atoms with Gasteiger partial charge in [-0.15, -0.1) is 11.3 Å². The third kappa shape index (κ3) is 3.60. The summed E-state index contributed by atoms with van der Waals surface area (Å²) in [5.41, 5.74) is 3.05. The van der Waals surface area contributed by atoms with E-state index in [9.17, 15) is 4.79 Å². The van der Waals surface area contributed by atoms with E-state index in [2.05, 4.69) is 15.3 Å². The van der Waals surface area contributed by atoms with E-state index in [1.807, 2.05) is 72.8 Å². The number of fused-ring (bicyclic) bond motifs is 1. The summed E-state index contributed by atoms with van der Waals surface area (Å²) >= 11 is 1.58. The van der Waals surface area contributed by atoms with Crippen molar-refractivity contribution in [2.24, 2.45) is 0 Å². The summed E-state index contributed by atoms with van der Waals surface area (Å²) in [6.45, 7) is 0.368. The zero-order chi connectivity index (χ0) is 20.3. The van der Waals surface area contributed by atoms with E-state index < -0.39 is 0 Å². The van der Waals surface area contributed by atoms with E-state index in [0.717, 1.165) is 20.8 Å². The quantitative estimate of drug-likeness (QED) is 0.412. The van der Waals surface area contributed by atoms with Gasteiger partial charge in [-0.3, -0.25) is 4.79 Å². The lowest BCUT2D eigenvalue weighted by molar-refractivity contribution is 0.0951. The minimum atomic E-state index is -0.190. The topological polar surface area (TPSA) is 68.0 Å². The smallest absolute Gasteiger partial charge is 0.252 e. The molecule has 2 heterocycles. The SMILES string of the molecule is O=C(NCc1nc2ccccc2s1)c1ccccc1-c1ncc(-c2ccccc2)o1. The first-order chi connectivity index (χ1) is 14.8. The minimum absolute atomic E-state index is 0.190. The molecule has 0 aliphatic rings. The van der Waals surface area contributed by atoms with Crippen molar-refractivity contribution in [3.8, 4) is 22.8 Å². The number of oxazole rings is 1. The molecule has 6 heteroatoms. The predicted molar refractivity (Wildman–Crippen MR) is 118 cm³/mol. The van der Waals surface area contributed by atoms with Gasteiger partial charge in [-0.2, -0.15) is 0 Å². The summed E-state index contributed by atoms with van der Waals surface area (Å²) in [5, 5.41) is 3.83. The molecular weight excluding hydrogens is 394 g/mol. The van der Waals surface area contributed by atoms with E-state index in [-0.39, 0.29) is 5.91 Å². The van der Waals surface area contributed by atoms with Gasteiger partial charge in [0.15, 0.2) is 5.76 Å². The molecular formula is C24H17N3O2S. The number of rotatable bonds is 5. The highest BCUT2D eigenvalue weighted by molar-refractivity contribution is 7.18. The van der Waals surface area contributed by atoms with Crippen LogP contribution in [0.25, 0.3) is 33.0 Å². The number of carbonyl (C=O) groups is 1. The second kappa shape index (κ2) is 7.93. The van der Waals surface area contributed by atoms with Crippen LogP contribution in [0.2, 0.25) is 0 Å². The van der Waals surface area contributed by atoms with Crippen molar-refractivity contribution in [1.29, 1.82) is 0 Å². The lowest BCUT2D eigenvalue weighted by Crippen LogP contribution is -2.23. The molecule has 0 aliphatic carbocycles. The summed E-state index contributed by atoms with van der Waals surface area (Å²) in [6.07, 6.45) is 1.68. The number of carbonyl (C=O) groups excluding carboxylic acids is 1. The maximum atomic E-state index is 12.9. The zero-order valence-corrected chi connectivity index (χ0v) is 16.7. The van der Waals surface area contributed by atoms with Crippen LogP contribution < -0.4 is 5.32 Å². The highest BCUT2D eigenvalue weighted by atomic mass is 32.1. The van der Waals surface area contributed by atoms with Crippen molar-refractivity contribution < 1.29 is 9.21 Å². The summed E-state index contributed by atoms with van der Waals surface area (Å²) in [7, 11) is 0. The molecule has 0 atom stereocenters. The Morgan fingerprint density at radius 1 is 0.933 bits per heavy atom. The summed E-state index contributed by atoms with van der Waals surface area (Å²) in [5.74, 6) is 0.888. The van der Waals surface area contributed by atoms with Gasteiger partial charge in [-0.05, 0) is 24.3 Å². The Kier molecular flexibility index (Phi) is 4.83. The average Bonchev–Trinajstić information content (AvgIpc) is 3.45. The number of aromatic nitrogens is 2. The standard InChI is InChI=1S/C24H17N3O2S/c28-23(25-15-22-27-19-12-6-7-13-21(19)30-22)17-10-4-5-11-18(17)24-26-14-20(29-24)16-8-2-1-3-9-16/h1-14H,15H2,(H,25,28). The van der Waals surface area contributed by atoms with E-state index >= 15 is 0 Å². The number of nitrogens with zero attached hydrogens (tertiary/aromatic N) is 2. The molecule has 146 valence electrons. The van der Waals surface area contributed by atoms with E-state index in [1.54, 1.807) is 23.6 Å². The van der Waals surface area contributed by atoms with Crippen LogP contribution in [0.3, 0.4) is 0 Å². The molecule has 5 aromatic rings. The van der Waals surface area contributed by atoms with Crippen molar-refractivity contribution in [2.75, 3.05) is 0 Å². The van der Waals surface area contributed by atoms with Crippen LogP contribution in [-0.2, 0) is 6.54 Å². The Bertz CT molecular complexity index is 1290. The zero-order valence-electron chi connectivity index (χ0n) is 15.9. The molecule has 0 aliphatic heterocycles. The highest BCUT2D eigenvalue weighted by Gasteiger charge is 2.17. The van der Waals surface area contributed by atoms with Crippen LogP contribution in [0.4, 0.5) is 0 Å². The molecule has 1 N–H and O–H groups in total. The fourth-order valence-electron chi connectivity index (χ4n) is 3.25. The molecule has 0 fully saturated rings. The maximum absolute atomic E-state index is 12.9. The van der Waals surface area contributed by atoms with Gasteiger partial charge in [-0.25, -0.2) is 9.97 Å². The first-order valence-corrected chi connectivity index (χ1v) is 10.3.